The van der Waals surface area contributed by atoms with Crippen LogP contribution in [0.4, 0.5) is 0 Å². The van der Waals surface area contributed by atoms with E-state index in [0.29, 0.717) is 35.1 Å². The Morgan fingerprint density at radius 3 is 2.33 bits per heavy atom. The number of rotatable bonds is 6. The maximum absolute atomic E-state index is 12.9. The molecule has 21 heavy (non-hydrogen) atoms. The number of hydrogen-bond donors (Lipinski definition) is 0. The van der Waals surface area contributed by atoms with Crippen LogP contribution in [0.15, 0.2) is 18.2 Å². The Labute approximate surface area is 126 Å². The van der Waals surface area contributed by atoms with E-state index in [0.717, 1.165) is 12.8 Å². The lowest BCUT2D eigenvalue weighted by Crippen LogP contribution is -2.41. The van der Waals surface area contributed by atoms with Crippen molar-refractivity contribution in [1.29, 1.82) is 0 Å². The summed E-state index contributed by atoms with van der Waals surface area (Å²) >= 11 is 0. The summed E-state index contributed by atoms with van der Waals surface area (Å²) in [6.07, 6.45) is 4.78. The Hall–Kier alpha value is -1.71. The van der Waals surface area contributed by atoms with Crippen molar-refractivity contribution in [1.82, 2.24) is 4.90 Å². The van der Waals surface area contributed by atoms with Gasteiger partial charge in [0, 0.05) is 17.6 Å². The van der Waals surface area contributed by atoms with Gasteiger partial charge in [0.2, 0.25) is 0 Å². The fourth-order valence-corrected chi connectivity index (χ4v) is 2.96. The molecule has 0 heterocycles. The Morgan fingerprint density at radius 1 is 1.14 bits per heavy atom. The molecule has 2 aliphatic carbocycles. The molecule has 1 aromatic carbocycles. The lowest BCUT2D eigenvalue weighted by molar-refractivity contribution is 0.0653. The second kappa shape index (κ2) is 5.58. The highest BCUT2D eigenvalue weighted by atomic mass is 16.5. The van der Waals surface area contributed by atoms with Gasteiger partial charge < -0.3 is 14.4 Å². The van der Waals surface area contributed by atoms with Crippen molar-refractivity contribution in [2.45, 2.75) is 44.7 Å². The first-order valence-electron chi connectivity index (χ1n) is 7.70. The highest BCUT2D eigenvalue weighted by Gasteiger charge is 2.41. The summed E-state index contributed by atoms with van der Waals surface area (Å²) in [6, 6.07) is 6.20. The molecule has 0 saturated heterocycles. The molecule has 2 aliphatic rings. The molecule has 0 spiro atoms. The van der Waals surface area contributed by atoms with Crippen LogP contribution in [-0.2, 0) is 0 Å². The standard InChI is InChI=1S/C17H23NO3/c1-11(12-4-5-12)18(14-7-8-14)17(19)13-6-9-15(20-2)16(10-13)21-3/h6,9-12,14H,4-5,7-8H2,1-3H3. The van der Waals surface area contributed by atoms with E-state index >= 15 is 0 Å². The van der Waals surface area contributed by atoms with Gasteiger partial charge in [-0.3, -0.25) is 4.79 Å². The quantitative estimate of drug-likeness (QED) is 0.807. The summed E-state index contributed by atoms with van der Waals surface area (Å²) in [5.74, 6) is 2.08. The summed E-state index contributed by atoms with van der Waals surface area (Å²) in [5, 5.41) is 0. The molecule has 4 nitrogen and oxygen atoms in total. The number of ether oxygens (including phenoxy) is 2. The molecule has 2 saturated carbocycles. The van der Waals surface area contributed by atoms with Gasteiger partial charge in [0.25, 0.3) is 5.91 Å². The number of nitrogens with zero attached hydrogens (tertiary/aromatic N) is 1. The van der Waals surface area contributed by atoms with Crippen LogP contribution in [-0.4, -0.2) is 37.1 Å². The van der Waals surface area contributed by atoms with Gasteiger partial charge in [0.05, 0.1) is 14.2 Å². The molecular formula is C17H23NO3. The van der Waals surface area contributed by atoms with Gasteiger partial charge >= 0.3 is 0 Å². The van der Waals surface area contributed by atoms with Crippen LogP contribution in [0.3, 0.4) is 0 Å². The molecule has 2 fully saturated rings. The molecule has 1 amide bonds. The van der Waals surface area contributed by atoms with E-state index in [-0.39, 0.29) is 5.91 Å². The molecule has 4 heteroatoms. The van der Waals surface area contributed by atoms with Crippen molar-refractivity contribution >= 4 is 5.91 Å². The predicted octanol–water partition coefficient (Wildman–Crippen LogP) is 3.11. The molecule has 3 rings (SSSR count). The van der Waals surface area contributed by atoms with E-state index in [2.05, 4.69) is 11.8 Å². The Bertz CT molecular complexity index is 535. The molecule has 114 valence electrons. The maximum Gasteiger partial charge on any atom is 0.254 e. The normalized spacial score (nSPS) is 19.0. The number of hydrogen-bond acceptors (Lipinski definition) is 3. The average Bonchev–Trinajstić information content (AvgIpc) is 3.38. The topological polar surface area (TPSA) is 38.8 Å². The van der Waals surface area contributed by atoms with Crippen LogP contribution in [0.2, 0.25) is 0 Å². The summed E-state index contributed by atoms with van der Waals surface area (Å²) in [7, 11) is 3.20. The van der Waals surface area contributed by atoms with E-state index in [4.69, 9.17) is 9.47 Å². The van der Waals surface area contributed by atoms with Gasteiger partial charge in [-0.1, -0.05) is 0 Å². The smallest absolute Gasteiger partial charge is 0.254 e. The van der Waals surface area contributed by atoms with Gasteiger partial charge in [-0.25, -0.2) is 0 Å². The SMILES string of the molecule is COc1ccc(C(=O)N(C2CC2)C(C)C2CC2)cc1OC. The van der Waals surface area contributed by atoms with Crippen LogP contribution in [0.25, 0.3) is 0 Å². The number of amides is 1. The number of methoxy groups -OCH3 is 2. The Balaban J connectivity index is 1.85. The van der Waals surface area contributed by atoms with Crippen LogP contribution >= 0.6 is 0 Å². The summed E-state index contributed by atoms with van der Waals surface area (Å²) in [6.45, 7) is 2.19. The first-order valence-corrected chi connectivity index (χ1v) is 7.70. The summed E-state index contributed by atoms with van der Waals surface area (Å²) in [5.41, 5.74) is 0.687. The highest BCUT2D eigenvalue weighted by Crippen LogP contribution is 2.40. The fourth-order valence-electron chi connectivity index (χ4n) is 2.96. The first-order chi connectivity index (χ1) is 10.2. The molecule has 1 aromatic rings. The zero-order valence-corrected chi connectivity index (χ0v) is 13.0. The van der Waals surface area contributed by atoms with Gasteiger partial charge in [-0.2, -0.15) is 0 Å². The second-order valence-corrected chi connectivity index (χ2v) is 6.09. The summed E-state index contributed by atoms with van der Waals surface area (Å²) < 4.78 is 10.5. The van der Waals surface area contributed by atoms with E-state index in [1.807, 2.05) is 6.07 Å². The first kappa shape index (κ1) is 14.2. The van der Waals surface area contributed by atoms with E-state index in [1.54, 1.807) is 26.4 Å². The molecule has 0 N–H and O–H groups in total. The van der Waals surface area contributed by atoms with Crippen LogP contribution in [0.5, 0.6) is 11.5 Å². The van der Waals surface area contributed by atoms with Crippen LogP contribution in [0, 0.1) is 5.92 Å². The fraction of sp³-hybridized carbons (Fsp3) is 0.588. The molecule has 0 aromatic heterocycles. The third-order valence-electron chi connectivity index (χ3n) is 4.55. The minimum Gasteiger partial charge on any atom is -0.493 e. The van der Waals surface area contributed by atoms with E-state index in [1.165, 1.54) is 12.8 Å². The molecule has 1 atom stereocenters. The van der Waals surface area contributed by atoms with E-state index < -0.39 is 0 Å². The van der Waals surface area contributed by atoms with Crippen molar-refractivity contribution < 1.29 is 14.3 Å². The average molecular weight is 289 g/mol. The van der Waals surface area contributed by atoms with Gasteiger partial charge in [-0.05, 0) is 56.7 Å². The second-order valence-electron chi connectivity index (χ2n) is 6.09. The molecule has 0 bridgehead atoms. The van der Waals surface area contributed by atoms with Crippen molar-refractivity contribution in [2.24, 2.45) is 5.92 Å². The molecule has 1 unspecified atom stereocenters. The highest BCUT2D eigenvalue weighted by molar-refractivity contribution is 5.95. The van der Waals surface area contributed by atoms with Gasteiger partial charge in [-0.15, -0.1) is 0 Å². The Morgan fingerprint density at radius 2 is 1.81 bits per heavy atom. The largest absolute Gasteiger partial charge is 0.493 e. The minimum atomic E-state index is 0.123. The van der Waals surface area contributed by atoms with Crippen molar-refractivity contribution in [2.75, 3.05) is 14.2 Å². The monoisotopic (exact) mass is 289 g/mol. The lowest BCUT2D eigenvalue weighted by Gasteiger charge is -2.30. The number of carbonyl (C=O) groups is 1. The van der Waals surface area contributed by atoms with Crippen molar-refractivity contribution in [3.8, 4) is 11.5 Å². The third-order valence-corrected chi connectivity index (χ3v) is 4.55. The maximum atomic E-state index is 12.9. The van der Waals surface area contributed by atoms with E-state index in [9.17, 15) is 4.79 Å². The summed E-state index contributed by atoms with van der Waals surface area (Å²) in [4.78, 5) is 15.0. The predicted molar refractivity (Wildman–Crippen MR) is 80.9 cm³/mol. The minimum absolute atomic E-state index is 0.123. The Kier molecular flexibility index (Phi) is 3.79. The van der Waals surface area contributed by atoms with Crippen LogP contribution in [0.1, 0.15) is 43.0 Å². The van der Waals surface area contributed by atoms with Gasteiger partial charge in [0.15, 0.2) is 11.5 Å². The molecular weight excluding hydrogens is 266 g/mol. The third kappa shape index (κ3) is 2.85. The molecule has 0 radical (unpaired) electrons. The van der Waals surface area contributed by atoms with Crippen molar-refractivity contribution in [3.05, 3.63) is 23.8 Å². The molecule has 0 aliphatic heterocycles. The van der Waals surface area contributed by atoms with Crippen LogP contribution < -0.4 is 9.47 Å². The zero-order chi connectivity index (χ0) is 15.0. The number of benzene rings is 1. The lowest BCUT2D eigenvalue weighted by atomic mass is 10.1. The van der Waals surface area contributed by atoms with Gasteiger partial charge in [0.1, 0.15) is 0 Å². The van der Waals surface area contributed by atoms with Crippen molar-refractivity contribution in [3.63, 3.8) is 0 Å². The number of carbonyl (C=O) groups excluding carboxylic acids is 1. The zero-order valence-electron chi connectivity index (χ0n) is 13.0.